The topological polar surface area (TPSA) is 69.6 Å². The van der Waals surface area contributed by atoms with Gasteiger partial charge in [-0.3, -0.25) is 9.36 Å². The third kappa shape index (κ3) is 3.52. The van der Waals surface area contributed by atoms with Crippen LogP contribution in [0.1, 0.15) is 5.56 Å². The molecule has 1 aromatic heterocycles. The van der Waals surface area contributed by atoms with E-state index < -0.39 is 23.0 Å². The van der Waals surface area contributed by atoms with E-state index in [1.165, 1.54) is 24.3 Å². The molecule has 0 aliphatic rings. The van der Waals surface area contributed by atoms with Crippen LogP contribution in [0.25, 0.3) is 17.3 Å². The first-order chi connectivity index (χ1) is 12.9. The maximum Gasteiger partial charge on any atom is 0.273 e. The second kappa shape index (κ2) is 7.32. The Kier molecular flexibility index (Phi) is 4.93. The Labute approximate surface area is 154 Å². The first kappa shape index (κ1) is 18.2. The number of hydrogen-bond acceptors (Lipinski definition) is 4. The highest BCUT2D eigenvalue weighted by atomic mass is 32.1. The van der Waals surface area contributed by atoms with Crippen molar-refractivity contribution in [1.29, 1.82) is 10.5 Å². The summed E-state index contributed by atoms with van der Waals surface area (Å²) in [7, 11) is 0. The second-order valence-corrected chi connectivity index (χ2v) is 6.33. The molecule has 0 atom stereocenters. The molecule has 3 rings (SSSR count). The average Bonchev–Trinajstić information content (AvgIpc) is 2.96. The van der Waals surface area contributed by atoms with Crippen molar-refractivity contribution >= 4 is 23.0 Å². The van der Waals surface area contributed by atoms with Gasteiger partial charge in [-0.25, -0.2) is 13.2 Å². The Hall–Kier alpha value is -3.62. The third-order valence-corrected chi connectivity index (χ3v) is 4.69. The molecule has 2 aromatic carbocycles. The molecule has 0 fully saturated rings. The van der Waals surface area contributed by atoms with Gasteiger partial charge in [-0.05, 0) is 42.5 Å². The lowest BCUT2D eigenvalue weighted by Gasteiger charge is -2.01. The monoisotopic (exact) mass is 383 g/mol. The standard InChI is InChI=1S/C19H8F3N3OS/c20-13-3-5-15(6-4-13)25-18(26)17(27-19(25)12(9-23)10-24)7-11-1-2-14(21)8-16(11)22/h1-8H/b17-7+. The molecule has 0 amide bonds. The summed E-state index contributed by atoms with van der Waals surface area (Å²) in [6.45, 7) is 0. The van der Waals surface area contributed by atoms with Crippen LogP contribution in [0, 0.1) is 40.1 Å². The summed E-state index contributed by atoms with van der Waals surface area (Å²) < 4.78 is 41.3. The third-order valence-electron chi connectivity index (χ3n) is 3.59. The molecular weight excluding hydrogens is 375 g/mol. The predicted molar refractivity (Wildman–Crippen MR) is 93.7 cm³/mol. The minimum Gasteiger partial charge on any atom is -0.267 e. The van der Waals surface area contributed by atoms with Crippen LogP contribution in [0.4, 0.5) is 13.2 Å². The summed E-state index contributed by atoms with van der Waals surface area (Å²) in [4.78, 5) is 12.8. The maximum absolute atomic E-state index is 13.9. The number of hydrogen-bond donors (Lipinski definition) is 0. The van der Waals surface area contributed by atoms with Gasteiger partial charge in [0.05, 0.1) is 10.2 Å². The van der Waals surface area contributed by atoms with Crippen molar-refractivity contribution in [3.63, 3.8) is 0 Å². The number of aromatic nitrogens is 1. The van der Waals surface area contributed by atoms with Crippen LogP contribution in [0.2, 0.25) is 0 Å². The Morgan fingerprint density at radius 1 is 1.00 bits per heavy atom. The number of halogens is 3. The van der Waals surface area contributed by atoms with Crippen LogP contribution in [-0.2, 0) is 0 Å². The van der Waals surface area contributed by atoms with E-state index in [2.05, 4.69) is 0 Å². The van der Waals surface area contributed by atoms with Gasteiger partial charge in [-0.1, -0.05) is 0 Å². The lowest BCUT2D eigenvalue weighted by molar-refractivity contribution is 0.581. The average molecular weight is 383 g/mol. The summed E-state index contributed by atoms with van der Waals surface area (Å²) >= 11 is 0.809. The number of benzene rings is 2. The van der Waals surface area contributed by atoms with Gasteiger partial charge < -0.3 is 0 Å². The zero-order valence-electron chi connectivity index (χ0n) is 13.4. The largest absolute Gasteiger partial charge is 0.273 e. The summed E-state index contributed by atoms with van der Waals surface area (Å²) in [6.07, 6.45) is 1.21. The Morgan fingerprint density at radius 3 is 2.22 bits per heavy atom. The van der Waals surface area contributed by atoms with Gasteiger partial charge in [-0.15, -0.1) is 11.3 Å². The van der Waals surface area contributed by atoms with Gasteiger partial charge in [0.1, 0.15) is 34.3 Å². The summed E-state index contributed by atoms with van der Waals surface area (Å²) in [5, 5.41) is 18.3. The second-order valence-electron chi connectivity index (χ2n) is 5.30. The van der Waals surface area contributed by atoms with Crippen molar-refractivity contribution in [2.45, 2.75) is 0 Å². The molecular formula is C19H8F3N3OS. The summed E-state index contributed by atoms with van der Waals surface area (Å²) in [6, 6.07) is 11.2. The van der Waals surface area contributed by atoms with Crippen LogP contribution in [0.3, 0.4) is 0 Å². The van der Waals surface area contributed by atoms with Crippen molar-refractivity contribution in [2.24, 2.45) is 0 Å². The normalized spacial score (nSPS) is 11.1. The fraction of sp³-hybridized carbons (Fsp3) is 0. The van der Waals surface area contributed by atoms with Gasteiger partial charge >= 0.3 is 0 Å². The lowest BCUT2D eigenvalue weighted by Crippen LogP contribution is -2.30. The molecule has 0 bridgehead atoms. The van der Waals surface area contributed by atoms with E-state index in [1.807, 2.05) is 0 Å². The quantitative estimate of drug-likeness (QED) is 0.682. The smallest absolute Gasteiger partial charge is 0.267 e. The fourth-order valence-electron chi connectivity index (χ4n) is 2.36. The molecule has 132 valence electrons. The Bertz CT molecular complexity index is 1280. The highest BCUT2D eigenvalue weighted by Gasteiger charge is 2.12. The predicted octanol–water partition coefficient (Wildman–Crippen LogP) is 2.34. The van der Waals surface area contributed by atoms with Gasteiger partial charge in [0, 0.05) is 11.6 Å². The zero-order valence-corrected chi connectivity index (χ0v) is 14.2. The van der Waals surface area contributed by atoms with E-state index in [0.29, 0.717) is 6.07 Å². The van der Waals surface area contributed by atoms with Crippen LogP contribution in [0.5, 0.6) is 0 Å². The number of thiazole rings is 1. The molecule has 0 saturated heterocycles. The molecule has 1 heterocycles. The lowest BCUT2D eigenvalue weighted by atomic mass is 10.2. The fourth-order valence-corrected chi connectivity index (χ4v) is 3.40. The van der Waals surface area contributed by atoms with Crippen LogP contribution in [0.15, 0.2) is 47.3 Å². The van der Waals surface area contributed by atoms with Gasteiger partial charge in [0.25, 0.3) is 5.56 Å². The zero-order chi connectivity index (χ0) is 19.6. The Balaban J connectivity index is 2.39. The SMILES string of the molecule is N#CC(C#N)=c1s/c(=C/c2ccc(F)cc2F)c(=O)n1-c1ccc(F)cc1. The van der Waals surface area contributed by atoms with Crippen molar-refractivity contribution in [3.05, 3.63) is 85.0 Å². The molecule has 4 nitrogen and oxygen atoms in total. The number of nitriles is 2. The van der Waals surface area contributed by atoms with E-state index in [1.54, 1.807) is 12.1 Å². The van der Waals surface area contributed by atoms with Gasteiger partial charge in [-0.2, -0.15) is 10.5 Å². The Morgan fingerprint density at radius 2 is 1.63 bits per heavy atom. The van der Waals surface area contributed by atoms with Crippen molar-refractivity contribution in [1.82, 2.24) is 4.57 Å². The number of nitrogens with zero attached hydrogens (tertiary/aromatic N) is 3. The van der Waals surface area contributed by atoms with E-state index in [-0.39, 0.29) is 26.0 Å². The van der Waals surface area contributed by atoms with Crippen LogP contribution >= 0.6 is 11.3 Å². The van der Waals surface area contributed by atoms with E-state index in [0.717, 1.165) is 34.1 Å². The van der Waals surface area contributed by atoms with E-state index >= 15 is 0 Å². The summed E-state index contributed by atoms with van der Waals surface area (Å²) in [5.74, 6) is -2.14. The first-order valence-corrected chi connectivity index (χ1v) is 8.25. The molecule has 3 aromatic rings. The summed E-state index contributed by atoms with van der Waals surface area (Å²) in [5.41, 5.74) is -0.716. The van der Waals surface area contributed by atoms with Crippen molar-refractivity contribution in [2.75, 3.05) is 0 Å². The maximum atomic E-state index is 13.9. The molecule has 0 radical (unpaired) electrons. The molecule has 0 unspecified atom stereocenters. The van der Waals surface area contributed by atoms with E-state index in [9.17, 15) is 18.0 Å². The van der Waals surface area contributed by atoms with E-state index in [4.69, 9.17) is 10.5 Å². The molecule has 27 heavy (non-hydrogen) atoms. The van der Waals surface area contributed by atoms with Crippen LogP contribution < -0.4 is 14.8 Å². The van der Waals surface area contributed by atoms with Gasteiger partial charge in [0.15, 0.2) is 5.57 Å². The highest BCUT2D eigenvalue weighted by molar-refractivity contribution is 7.07. The van der Waals surface area contributed by atoms with Crippen LogP contribution in [-0.4, -0.2) is 4.57 Å². The first-order valence-electron chi connectivity index (χ1n) is 7.43. The van der Waals surface area contributed by atoms with Gasteiger partial charge in [0.2, 0.25) is 0 Å². The van der Waals surface area contributed by atoms with Crippen molar-refractivity contribution in [3.8, 4) is 17.8 Å². The minimum absolute atomic E-state index is 0.0250. The molecule has 8 heteroatoms. The molecule has 0 N–H and O–H groups in total. The minimum atomic E-state index is -0.859. The van der Waals surface area contributed by atoms with Crippen molar-refractivity contribution < 1.29 is 13.2 Å². The molecule has 0 aliphatic heterocycles. The molecule has 0 saturated carbocycles. The highest BCUT2D eigenvalue weighted by Crippen LogP contribution is 2.10. The molecule has 0 aliphatic carbocycles. The molecule has 0 spiro atoms. The number of rotatable bonds is 2.